The Kier molecular flexibility index (Phi) is 5.05. The lowest BCUT2D eigenvalue weighted by atomic mass is 9.78. The van der Waals surface area contributed by atoms with Crippen LogP contribution < -0.4 is 5.73 Å². The largest absolute Gasteiger partial charge is 0.491 e. The van der Waals surface area contributed by atoms with E-state index in [1.165, 1.54) is 6.07 Å². The lowest BCUT2D eigenvalue weighted by Crippen LogP contribution is -2.41. The summed E-state index contributed by atoms with van der Waals surface area (Å²) in [5.41, 5.74) is 4.76. The summed E-state index contributed by atoms with van der Waals surface area (Å²) in [7, 11) is -0.664. The van der Waals surface area contributed by atoms with Crippen molar-refractivity contribution in [2.45, 2.75) is 45.1 Å². The third-order valence-electron chi connectivity index (χ3n) is 4.40. The first-order valence-corrected chi connectivity index (χ1v) is 8.14. The van der Waals surface area contributed by atoms with Gasteiger partial charge in [0.05, 0.1) is 16.8 Å². The first-order chi connectivity index (χ1) is 10.9. The van der Waals surface area contributed by atoms with Crippen molar-refractivity contribution < 1.29 is 22.5 Å². The molecule has 0 amide bonds. The van der Waals surface area contributed by atoms with Gasteiger partial charge in [-0.1, -0.05) is 6.08 Å². The molecule has 0 unspecified atom stereocenters. The van der Waals surface area contributed by atoms with E-state index in [9.17, 15) is 13.2 Å². The molecule has 1 aromatic rings. The van der Waals surface area contributed by atoms with E-state index in [4.69, 9.17) is 15.0 Å². The molecule has 2 rings (SSSR count). The van der Waals surface area contributed by atoms with Crippen LogP contribution in [0.4, 0.5) is 18.9 Å². The molecule has 1 aliphatic heterocycles. The second kappa shape index (κ2) is 6.31. The molecule has 132 valence electrons. The van der Waals surface area contributed by atoms with Crippen molar-refractivity contribution in [1.82, 2.24) is 0 Å². The highest BCUT2D eigenvalue weighted by Crippen LogP contribution is 2.39. The van der Waals surface area contributed by atoms with Gasteiger partial charge in [0.2, 0.25) is 0 Å². The van der Waals surface area contributed by atoms with Crippen LogP contribution in [0.3, 0.4) is 0 Å². The van der Waals surface area contributed by atoms with Crippen LogP contribution in [-0.4, -0.2) is 24.1 Å². The third-order valence-corrected chi connectivity index (χ3v) is 4.76. The zero-order chi connectivity index (χ0) is 18.3. The highest BCUT2D eigenvalue weighted by molar-refractivity contribution is 7.80. The number of anilines is 1. The van der Waals surface area contributed by atoms with Gasteiger partial charge in [-0.2, -0.15) is 25.8 Å². The average Bonchev–Trinajstić information content (AvgIpc) is 2.63. The van der Waals surface area contributed by atoms with Crippen LogP contribution in [0.5, 0.6) is 0 Å². The number of halogens is 3. The zero-order valence-electron chi connectivity index (χ0n) is 14.1. The Morgan fingerprint density at radius 3 is 2.17 bits per heavy atom. The normalized spacial score (nSPS) is 20.5. The fourth-order valence-electron chi connectivity index (χ4n) is 2.32. The number of alkyl halides is 3. The molecule has 0 aromatic heterocycles. The number of nitrogens with two attached hydrogens (primary N) is 1. The molecular formula is C16H21BF3NO2S. The van der Waals surface area contributed by atoms with Crippen molar-refractivity contribution in [2.24, 2.45) is 0 Å². The molecule has 1 saturated heterocycles. The zero-order valence-corrected chi connectivity index (χ0v) is 15.0. The summed E-state index contributed by atoms with van der Waals surface area (Å²) in [6, 6.07) is 3.43. The SMILES string of the molecule is CC1(C)OB(C(=Cc2cc(N)cc(C(F)(F)F)c2)CS)OC1(C)C. The maximum Gasteiger partial charge on any atom is 0.491 e. The second-order valence-corrected chi connectivity index (χ2v) is 7.17. The Hall–Kier alpha value is -1.12. The molecule has 0 atom stereocenters. The molecule has 0 saturated carbocycles. The van der Waals surface area contributed by atoms with E-state index in [1.807, 2.05) is 27.7 Å². The predicted molar refractivity (Wildman–Crippen MR) is 93.8 cm³/mol. The van der Waals surface area contributed by atoms with Gasteiger partial charge in [-0.05, 0) is 56.9 Å². The van der Waals surface area contributed by atoms with Gasteiger partial charge >= 0.3 is 13.3 Å². The first kappa shape index (κ1) is 19.2. The number of thiol groups is 1. The molecule has 0 aliphatic carbocycles. The number of nitrogen functional groups attached to an aromatic ring is 1. The predicted octanol–water partition coefficient (Wildman–Crippen LogP) is 4.23. The van der Waals surface area contributed by atoms with E-state index in [2.05, 4.69) is 12.6 Å². The molecule has 1 heterocycles. The van der Waals surface area contributed by atoms with E-state index in [0.29, 0.717) is 11.0 Å². The summed E-state index contributed by atoms with van der Waals surface area (Å²) in [6.07, 6.45) is -2.87. The fourth-order valence-corrected chi connectivity index (χ4v) is 2.56. The monoisotopic (exact) mass is 359 g/mol. The topological polar surface area (TPSA) is 44.5 Å². The maximum absolute atomic E-state index is 12.9. The van der Waals surface area contributed by atoms with Gasteiger partial charge in [-0.15, -0.1) is 0 Å². The van der Waals surface area contributed by atoms with E-state index in [-0.39, 0.29) is 11.4 Å². The summed E-state index contributed by atoms with van der Waals surface area (Å²) in [6.45, 7) is 7.63. The van der Waals surface area contributed by atoms with Gasteiger partial charge in [0.25, 0.3) is 0 Å². The Balaban J connectivity index is 2.37. The van der Waals surface area contributed by atoms with Crippen LogP contribution in [0, 0.1) is 0 Å². The van der Waals surface area contributed by atoms with E-state index in [0.717, 1.165) is 12.1 Å². The first-order valence-electron chi connectivity index (χ1n) is 7.50. The minimum absolute atomic E-state index is 0.0449. The molecule has 0 bridgehead atoms. The summed E-state index contributed by atoms with van der Waals surface area (Å²) >= 11 is 4.26. The van der Waals surface area contributed by atoms with Crippen molar-refractivity contribution in [2.75, 3.05) is 11.5 Å². The number of rotatable bonds is 3. The highest BCUT2D eigenvalue weighted by atomic mass is 32.1. The number of benzene rings is 1. The standard InChI is InChI=1S/C16H21BF3NO2S/c1-14(2)15(3,4)23-17(22-14)12(9-24)6-10-5-11(16(18,19)20)8-13(21)7-10/h5-8,24H,9,21H2,1-4H3. The molecule has 24 heavy (non-hydrogen) atoms. The fraction of sp³-hybridized carbons (Fsp3) is 0.500. The van der Waals surface area contributed by atoms with Crippen LogP contribution in [0.15, 0.2) is 23.7 Å². The Bertz CT molecular complexity index is 643. The summed E-state index contributed by atoms with van der Waals surface area (Å²) in [4.78, 5) is 0. The van der Waals surface area contributed by atoms with Gasteiger partial charge < -0.3 is 15.0 Å². The molecule has 0 radical (unpaired) electrons. The minimum atomic E-state index is -4.45. The van der Waals surface area contributed by atoms with Gasteiger partial charge in [-0.3, -0.25) is 0 Å². The van der Waals surface area contributed by atoms with Crippen molar-refractivity contribution in [3.05, 3.63) is 34.8 Å². The van der Waals surface area contributed by atoms with E-state index in [1.54, 1.807) is 6.08 Å². The van der Waals surface area contributed by atoms with Crippen LogP contribution in [0.25, 0.3) is 6.08 Å². The molecule has 8 heteroatoms. The van der Waals surface area contributed by atoms with Crippen molar-refractivity contribution >= 4 is 31.5 Å². The lowest BCUT2D eigenvalue weighted by molar-refractivity contribution is -0.137. The summed E-state index contributed by atoms with van der Waals surface area (Å²) in [5, 5.41) is 0. The molecule has 1 fully saturated rings. The van der Waals surface area contributed by atoms with E-state index < -0.39 is 30.1 Å². The number of hydrogen-bond donors (Lipinski definition) is 2. The van der Waals surface area contributed by atoms with Gasteiger partial charge in [0, 0.05) is 11.4 Å². The lowest BCUT2D eigenvalue weighted by Gasteiger charge is -2.32. The van der Waals surface area contributed by atoms with E-state index >= 15 is 0 Å². The molecule has 1 aliphatic rings. The third kappa shape index (κ3) is 3.92. The second-order valence-electron chi connectivity index (χ2n) is 6.85. The smallest absolute Gasteiger partial charge is 0.400 e. The average molecular weight is 359 g/mol. The Morgan fingerprint density at radius 2 is 1.71 bits per heavy atom. The highest BCUT2D eigenvalue weighted by Gasteiger charge is 2.52. The van der Waals surface area contributed by atoms with Crippen LogP contribution >= 0.6 is 12.6 Å². The quantitative estimate of drug-likeness (QED) is 0.482. The van der Waals surface area contributed by atoms with Crippen LogP contribution in [-0.2, 0) is 15.5 Å². The van der Waals surface area contributed by atoms with Gasteiger partial charge in [-0.25, -0.2) is 0 Å². The van der Waals surface area contributed by atoms with Crippen LogP contribution in [0.2, 0.25) is 0 Å². The molecule has 0 spiro atoms. The molecule has 3 nitrogen and oxygen atoms in total. The maximum atomic E-state index is 12.9. The minimum Gasteiger partial charge on any atom is -0.400 e. The van der Waals surface area contributed by atoms with Gasteiger partial charge in [0.15, 0.2) is 0 Å². The Labute approximate surface area is 145 Å². The van der Waals surface area contributed by atoms with Crippen molar-refractivity contribution in [1.29, 1.82) is 0 Å². The van der Waals surface area contributed by atoms with Crippen molar-refractivity contribution in [3.8, 4) is 0 Å². The molecule has 2 N–H and O–H groups in total. The Morgan fingerprint density at radius 1 is 1.17 bits per heavy atom. The van der Waals surface area contributed by atoms with Crippen molar-refractivity contribution in [3.63, 3.8) is 0 Å². The summed E-state index contributed by atoms with van der Waals surface area (Å²) in [5.74, 6) is 0.285. The number of hydrogen-bond acceptors (Lipinski definition) is 4. The van der Waals surface area contributed by atoms with Gasteiger partial charge in [0.1, 0.15) is 0 Å². The molecular weight excluding hydrogens is 338 g/mol. The van der Waals surface area contributed by atoms with Crippen LogP contribution in [0.1, 0.15) is 38.8 Å². The molecule has 1 aromatic carbocycles. The summed E-state index contributed by atoms with van der Waals surface area (Å²) < 4.78 is 50.6.